The van der Waals surface area contributed by atoms with Crippen molar-refractivity contribution in [3.8, 4) is 17.1 Å². The Kier molecular flexibility index (Phi) is 5.40. The van der Waals surface area contributed by atoms with Crippen LogP contribution in [0.1, 0.15) is 41.0 Å². The Morgan fingerprint density at radius 1 is 1.09 bits per heavy atom. The lowest BCUT2D eigenvalue weighted by Gasteiger charge is -2.12. The van der Waals surface area contributed by atoms with Crippen molar-refractivity contribution in [2.24, 2.45) is 0 Å². The number of carbonyl (C=O) groups excluding carboxylic acids is 1. The lowest BCUT2D eigenvalue weighted by molar-refractivity contribution is 0.102. The number of aryl methyl sites for hydroxylation is 2. The summed E-state index contributed by atoms with van der Waals surface area (Å²) in [5.41, 5.74) is 3.63. The van der Waals surface area contributed by atoms with Crippen LogP contribution in [0.15, 0.2) is 42.7 Å². The minimum Gasteiger partial charge on any atom is -0.322 e. The number of benzene rings is 2. The fourth-order valence-electron chi connectivity index (χ4n) is 3.99. The number of nitrogens with one attached hydrogen (secondary N) is 1. The molecule has 1 aliphatic rings. The predicted octanol–water partition coefficient (Wildman–Crippen LogP) is 3.86. The Morgan fingerprint density at radius 2 is 2.00 bits per heavy atom. The van der Waals surface area contributed by atoms with Crippen LogP contribution in [0.3, 0.4) is 0 Å². The van der Waals surface area contributed by atoms with Crippen molar-refractivity contribution in [2.45, 2.75) is 39.2 Å². The molecule has 2 aromatic carbocycles. The van der Waals surface area contributed by atoms with Crippen molar-refractivity contribution in [2.75, 3.05) is 5.32 Å². The molecule has 0 spiro atoms. The first-order valence-corrected chi connectivity index (χ1v) is 10.9. The molecule has 0 unspecified atom stereocenters. The Hall–Kier alpha value is -3.59. The van der Waals surface area contributed by atoms with Crippen LogP contribution >= 0.6 is 11.6 Å². The van der Waals surface area contributed by atoms with Gasteiger partial charge in [-0.15, -0.1) is 15.3 Å². The molecule has 1 amide bonds. The van der Waals surface area contributed by atoms with Gasteiger partial charge in [-0.2, -0.15) is 0 Å². The third-order valence-corrected chi connectivity index (χ3v) is 5.96. The molecule has 0 bridgehead atoms. The van der Waals surface area contributed by atoms with Crippen molar-refractivity contribution in [1.29, 1.82) is 0 Å². The van der Waals surface area contributed by atoms with E-state index in [4.69, 9.17) is 11.6 Å². The maximum atomic E-state index is 12.9. The molecule has 1 aliphatic heterocycles. The van der Waals surface area contributed by atoms with E-state index in [2.05, 4.69) is 35.6 Å². The second-order valence-electron chi connectivity index (χ2n) is 7.81. The molecule has 0 saturated heterocycles. The number of amides is 1. The van der Waals surface area contributed by atoms with Crippen molar-refractivity contribution in [3.05, 3.63) is 64.7 Å². The van der Waals surface area contributed by atoms with Crippen LogP contribution in [-0.2, 0) is 13.0 Å². The summed E-state index contributed by atoms with van der Waals surface area (Å²) in [5, 5.41) is 23.5. The van der Waals surface area contributed by atoms with Gasteiger partial charge in [-0.05, 0) is 72.2 Å². The van der Waals surface area contributed by atoms with Crippen LogP contribution in [0.5, 0.6) is 0 Å². The van der Waals surface area contributed by atoms with Gasteiger partial charge in [0.2, 0.25) is 0 Å². The maximum absolute atomic E-state index is 12.9. The Labute approximate surface area is 189 Å². The predicted molar refractivity (Wildman–Crippen MR) is 120 cm³/mol. The molecule has 4 aromatic rings. The van der Waals surface area contributed by atoms with Gasteiger partial charge in [-0.25, -0.2) is 4.68 Å². The zero-order chi connectivity index (χ0) is 22.1. The molecule has 5 rings (SSSR count). The lowest BCUT2D eigenvalue weighted by atomic mass is 10.1. The van der Waals surface area contributed by atoms with E-state index < -0.39 is 0 Å². The number of carbonyl (C=O) groups is 1. The third kappa shape index (κ3) is 3.87. The highest BCUT2D eigenvalue weighted by Gasteiger charge is 2.19. The molecule has 2 aromatic heterocycles. The van der Waals surface area contributed by atoms with Gasteiger partial charge < -0.3 is 9.88 Å². The van der Waals surface area contributed by atoms with E-state index in [1.54, 1.807) is 22.9 Å². The summed E-state index contributed by atoms with van der Waals surface area (Å²) in [4.78, 5) is 12.9. The monoisotopic (exact) mass is 448 g/mol. The molecule has 10 heteroatoms. The Morgan fingerprint density at radius 3 is 2.81 bits per heavy atom. The lowest BCUT2D eigenvalue weighted by Crippen LogP contribution is -2.13. The molecule has 0 aliphatic carbocycles. The number of rotatable bonds is 4. The topological polar surface area (TPSA) is 103 Å². The van der Waals surface area contributed by atoms with Gasteiger partial charge >= 0.3 is 0 Å². The summed E-state index contributed by atoms with van der Waals surface area (Å²) >= 11 is 6.50. The van der Waals surface area contributed by atoms with Gasteiger partial charge in [0.25, 0.3) is 5.91 Å². The minimum absolute atomic E-state index is 0.218. The first kappa shape index (κ1) is 20.3. The van der Waals surface area contributed by atoms with Crippen molar-refractivity contribution in [1.82, 2.24) is 35.0 Å². The fraction of sp³-hybridized carbons (Fsp3) is 0.273. The van der Waals surface area contributed by atoms with Crippen LogP contribution in [0.4, 0.5) is 5.69 Å². The number of hydrogen-bond donors (Lipinski definition) is 1. The summed E-state index contributed by atoms with van der Waals surface area (Å²) in [6.07, 6.45) is 5.82. The van der Waals surface area contributed by atoms with Gasteiger partial charge in [0.1, 0.15) is 12.2 Å². The smallest absolute Gasteiger partial charge is 0.255 e. The zero-order valence-electron chi connectivity index (χ0n) is 17.5. The highest BCUT2D eigenvalue weighted by molar-refractivity contribution is 6.33. The van der Waals surface area contributed by atoms with Gasteiger partial charge in [-0.3, -0.25) is 4.79 Å². The molecular formula is C22H21ClN8O. The zero-order valence-corrected chi connectivity index (χ0v) is 18.2. The summed E-state index contributed by atoms with van der Waals surface area (Å²) in [7, 11) is 0. The maximum Gasteiger partial charge on any atom is 0.255 e. The second kappa shape index (κ2) is 8.51. The van der Waals surface area contributed by atoms with E-state index >= 15 is 0 Å². The van der Waals surface area contributed by atoms with E-state index in [1.165, 1.54) is 12.7 Å². The summed E-state index contributed by atoms with van der Waals surface area (Å²) in [6, 6.07) is 10.8. The quantitative estimate of drug-likeness (QED) is 0.508. The molecule has 3 heterocycles. The van der Waals surface area contributed by atoms with Gasteiger partial charge in [0, 0.05) is 29.8 Å². The number of nitrogens with zero attached hydrogens (tertiary/aromatic N) is 7. The molecular weight excluding hydrogens is 428 g/mol. The van der Waals surface area contributed by atoms with Gasteiger partial charge in [-0.1, -0.05) is 18.0 Å². The first-order valence-electron chi connectivity index (χ1n) is 10.5. The molecule has 0 fully saturated rings. The van der Waals surface area contributed by atoms with Crippen LogP contribution in [0.2, 0.25) is 5.02 Å². The Bertz CT molecular complexity index is 1280. The standard InChI is InChI=1S/C22H21ClN8O/c1-14-11-15(6-9-19(14)31-13-24-28-29-31)22(32)25-16-7-8-18(23)17(12-16)21-27-26-20-5-3-2-4-10-30(20)21/h6-9,11-13H,2-5,10H2,1H3,(H,25,32). The minimum atomic E-state index is -0.218. The van der Waals surface area contributed by atoms with Crippen LogP contribution in [-0.4, -0.2) is 40.9 Å². The van der Waals surface area contributed by atoms with E-state index in [0.29, 0.717) is 16.3 Å². The number of anilines is 1. The molecule has 0 saturated carbocycles. The highest BCUT2D eigenvalue weighted by Crippen LogP contribution is 2.31. The van der Waals surface area contributed by atoms with Crippen molar-refractivity contribution < 1.29 is 4.79 Å². The Balaban J connectivity index is 1.40. The summed E-state index contributed by atoms with van der Waals surface area (Å²) < 4.78 is 3.70. The van der Waals surface area contributed by atoms with Gasteiger partial charge in [0.15, 0.2) is 5.82 Å². The summed E-state index contributed by atoms with van der Waals surface area (Å²) in [5.74, 6) is 1.51. The van der Waals surface area contributed by atoms with E-state index in [9.17, 15) is 4.79 Å². The average molecular weight is 449 g/mol. The van der Waals surface area contributed by atoms with Gasteiger partial charge in [0.05, 0.1) is 10.7 Å². The fourth-order valence-corrected chi connectivity index (χ4v) is 4.19. The largest absolute Gasteiger partial charge is 0.322 e. The van der Waals surface area contributed by atoms with Crippen LogP contribution in [0.25, 0.3) is 17.1 Å². The van der Waals surface area contributed by atoms with Crippen LogP contribution < -0.4 is 5.32 Å². The number of fused-ring (bicyclic) bond motifs is 1. The van der Waals surface area contributed by atoms with E-state index in [0.717, 1.165) is 54.3 Å². The molecule has 0 radical (unpaired) electrons. The molecule has 9 nitrogen and oxygen atoms in total. The molecule has 1 N–H and O–H groups in total. The van der Waals surface area contributed by atoms with E-state index in [-0.39, 0.29) is 5.91 Å². The number of hydrogen-bond acceptors (Lipinski definition) is 6. The number of tetrazole rings is 1. The summed E-state index contributed by atoms with van der Waals surface area (Å²) in [6.45, 7) is 2.78. The van der Waals surface area contributed by atoms with Crippen molar-refractivity contribution in [3.63, 3.8) is 0 Å². The first-order chi connectivity index (χ1) is 15.6. The van der Waals surface area contributed by atoms with E-state index in [1.807, 2.05) is 25.1 Å². The number of aromatic nitrogens is 7. The highest BCUT2D eigenvalue weighted by atomic mass is 35.5. The SMILES string of the molecule is Cc1cc(C(=O)Nc2ccc(Cl)c(-c3nnc4n3CCCCC4)c2)ccc1-n1cnnn1. The third-order valence-electron chi connectivity index (χ3n) is 5.63. The molecule has 162 valence electrons. The van der Waals surface area contributed by atoms with Crippen molar-refractivity contribution >= 4 is 23.2 Å². The average Bonchev–Trinajstić information content (AvgIpc) is 3.40. The molecule has 0 atom stereocenters. The van der Waals surface area contributed by atoms with Crippen LogP contribution in [0, 0.1) is 6.92 Å². The normalized spacial score (nSPS) is 13.4. The second-order valence-corrected chi connectivity index (χ2v) is 8.21. The number of halogens is 1. The molecule has 32 heavy (non-hydrogen) atoms.